The van der Waals surface area contributed by atoms with E-state index in [0.717, 1.165) is 38.6 Å². The first-order valence-electron chi connectivity index (χ1n) is 7.77. The van der Waals surface area contributed by atoms with Crippen LogP contribution in [0.5, 0.6) is 0 Å². The van der Waals surface area contributed by atoms with Crippen molar-refractivity contribution in [1.82, 2.24) is 15.5 Å². The smallest absolute Gasteiger partial charge is 0.237 e. The summed E-state index contributed by atoms with van der Waals surface area (Å²) in [4.78, 5) is 14.4. The van der Waals surface area contributed by atoms with Crippen molar-refractivity contribution in [1.29, 1.82) is 0 Å². The molecule has 0 radical (unpaired) electrons. The molecule has 1 amide bonds. The molecular formula is C15H31N3O. The van der Waals surface area contributed by atoms with Gasteiger partial charge in [0.25, 0.3) is 0 Å². The number of hydrogen-bond acceptors (Lipinski definition) is 3. The maximum absolute atomic E-state index is 12.1. The van der Waals surface area contributed by atoms with Gasteiger partial charge in [-0.25, -0.2) is 0 Å². The lowest BCUT2D eigenvalue weighted by Gasteiger charge is -2.32. The van der Waals surface area contributed by atoms with Gasteiger partial charge < -0.3 is 10.6 Å². The average Bonchev–Trinajstić information content (AvgIpc) is 2.42. The molecule has 1 heterocycles. The van der Waals surface area contributed by atoms with Crippen LogP contribution in [-0.2, 0) is 4.79 Å². The summed E-state index contributed by atoms with van der Waals surface area (Å²) in [6.07, 6.45) is 2.47. The SMILES string of the molecule is CCN(CC1CCNCC1)C(C)C(=O)NCC(C)C. The van der Waals surface area contributed by atoms with Crippen LogP contribution in [0.15, 0.2) is 0 Å². The van der Waals surface area contributed by atoms with Gasteiger partial charge in [-0.05, 0) is 51.2 Å². The van der Waals surface area contributed by atoms with E-state index in [1.165, 1.54) is 12.8 Å². The Morgan fingerprint density at radius 1 is 1.32 bits per heavy atom. The molecule has 0 aromatic carbocycles. The molecule has 112 valence electrons. The van der Waals surface area contributed by atoms with Crippen LogP contribution >= 0.6 is 0 Å². The first kappa shape index (κ1) is 16.4. The number of likely N-dealkylation sites (N-methyl/N-ethyl adjacent to an activating group) is 1. The van der Waals surface area contributed by atoms with Crippen molar-refractivity contribution in [2.75, 3.05) is 32.7 Å². The third kappa shape index (κ3) is 5.91. The Morgan fingerprint density at radius 3 is 2.47 bits per heavy atom. The lowest BCUT2D eigenvalue weighted by atomic mass is 9.97. The van der Waals surface area contributed by atoms with Gasteiger partial charge in [-0.3, -0.25) is 9.69 Å². The molecule has 4 nitrogen and oxygen atoms in total. The zero-order chi connectivity index (χ0) is 14.3. The van der Waals surface area contributed by atoms with Gasteiger partial charge in [-0.15, -0.1) is 0 Å². The quantitative estimate of drug-likeness (QED) is 0.735. The summed E-state index contributed by atoms with van der Waals surface area (Å²) in [6.45, 7) is 13.4. The number of carbonyl (C=O) groups is 1. The Balaban J connectivity index is 2.40. The predicted molar refractivity (Wildman–Crippen MR) is 80.2 cm³/mol. The summed E-state index contributed by atoms with van der Waals surface area (Å²) < 4.78 is 0. The van der Waals surface area contributed by atoms with Crippen LogP contribution in [0, 0.1) is 11.8 Å². The van der Waals surface area contributed by atoms with Crippen LogP contribution in [0.2, 0.25) is 0 Å². The van der Waals surface area contributed by atoms with Crippen LogP contribution in [0.25, 0.3) is 0 Å². The van der Waals surface area contributed by atoms with E-state index >= 15 is 0 Å². The van der Waals surface area contributed by atoms with E-state index in [0.29, 0.717) is 5.92 Å². The van der Waals surface area contributed by atoms with Crippen molar-refractivity contribution in [2.24, 2.45) is 11.8 Å². The third-order valence-corrected chi connectivity index (χ3v) is 3.97. The molecule has 19 heavy (non-hydrogen) atoms. The number of nitrogens with one attached hydrogen (secondary N) is 2. The Morgan fingerprint density at radius 2 is 1.95 bits per heavy atom. The molecular weight excluding hydrogens is 238 g/mol. The number of piperidine rings is 1. The van der Waals surface area contributed by atoms with Crippen molar-refractivity contribution in [2.45, 2.75) is 46.6 Å². The van der Waals surface area contributed by atoms with Crippen molar-refractivity contribution in [3.05, 3.63) is 0 Å². The monoisotopic (exact) mass is 269 g/mol. The molecule has 1 aliphatic rings. The Labute approximate surface area is 118 Å². The molecule has 0 saturated carbocycles. The van der Waals surface area contributed by atoms with E-state index in [4.69, 9.17) is 0 Å². The van der Waals surface area contributed by atoms with Crippen molar-refractivity contribution < 1.29 is 4.79 Å². The zero-order valence-corrected chi connectivity index (χ0v) is 13.0. The molecule has 0 aromatic heterocycles. The molecule has 1 fully saturated rings. The highest BCUT2D eigenvalue weighted by atomic mass is 16.2. The van der Waals surface area contributed by atoms with Crippen LogP contribution in [0.4, 0.5) is 0 Å². The van der Waals surface area contributed by atoms with Gasteiger partial charge in [0, 0.05) is 13.1 Å². The highest BCUT2D eigenvalue weighted by Gasteiger charge is 2.23. The van der Waals surface area contributed by atoms with Gasteiger partial charge in [0.2, 0.25) is 5.91 Å². The summed E-state index contributed by atoms with van der Waals surface area (Å²) >= 11 is 0. The maximum Gasteiger partial charge on any atom is 0.237 e. The van der Waals surface area contributed by atoms with E-state index in [2.05, 4.69) is 36.3 Å². The van der Waals surface area contributed by atoms with Gasteiger partial charge in [-0.2, -0.15) is 0 Å². The van der Waals surface area contributed by atoms with Crippen LogP contribution in [0.1, 0.15) is 40.5 Å². The molecule has 1 rings (SSSR count). The minimum absolute atomic E-state index is 0.0152. The van der Waals surface area contributed by atoms with E-state index in [-0.39, 0.29) is 11.9 Å². The summed E-state index contributed by atoms with van der Waals surface area (Å²) in [5.74, 6) is 1.42. The average molecular weight is 269 g/mol. The lowest BCUT2D eigenvalue weighted by Crippen LogP contribution is -2.48. The van der Waals surface area contributed by atoms with E-state index in [1.54, 1.807) is 0 Å². The van der Waals surface area contributed by atoms with E-state index < -0.39 is 0 Å². The molecule has 1 saturated heterocycles. The van der Waals surface area contributed by atoms with Crippen molar-refractivity contribution in [3.63, 3.8) is 0 Å². The number of nitrogens with zero attached hydrogens (tertiary/aromatic N) is 1. The topological polar surface area (TPSA) is 44.4 Å². The second-order valence-electron chi connectivity index (χ2n) is 6.10. The van der Waals surface area contributed by atoms with Crippen molar-refractivity contribution in [3.8, 4) is 0 Å². The molecule has 2 N–H and O–H groups in total. The summed E-state index contributed by atoms with van der Waals surface area (Å²) in [5, 5.41) is 6.43. The highest BCUT2D eigenvalue weighted by Crippen LogP contribution is 2.15. The predicted octanol–water partition coefficient (Wildman–Crippen LogP) is 1.47. The Bertz CT molecular complexity index is 262. The molecule has 0 aromatic rings. The van der Waals surface area contributed by atoms with E-state index in [9.17, 15) is 4.79 Å². The summed E-state index contributed by atoms with van der Waals surface area (Å²) in [5.41, 5.74) is 0. The van der Waals surface area contributed by atoms with Gasteiger partial charge >= 0.3 is 0 Å². The fourth-order valence-corrected chi connectivity index (χ4v) is 2.58. The Kier molecular flexibility index (Phi) is 7.39. The minimum Gasteiger partial charge on any atom is -0.354 e. The molecule has 1 unspecified atom stereocenters. The lowest BCUT2D eigenvalue weighted by molar-refractivity contribution is -0.126. The van der Waals surface area contributed by atoms with Gasteiger partial charge in [0.15, 0.2) is 0 Å². The summed E-state index contributed by atoms with van der Waals surface area (Å²) in [6, 6.07) is -0.0152. The van der Waals surface area contributed by atoms with Crippen LogP contribution in [0.3, 0.4) is 0 Å². The fraction of sp³-hybridized carbons (Fsp3) is 0.933. The number of hydrogen-bond donors (Lipinski definition) is 2. The number of carbonyl (C=O) groups excluding carboxylic acids is 1. The highest BCUT2D eigenvalue weighted by molar-refractivity contribution is 5.81. The zero-order valence-electron chi connectivity index (χ0n) is 13.0. The Hall–Kier alpha value is -0.610. The number of amides is 1. The molecule has 4 heteroatoms. The third-order valence-electron chi connectivity index (χ3n) is 3.97. The summed E-state index contributed by atoms with van der Waals surface area (Å²) in [7, 11) is 0. The molecule has 1 aliphatic heterocycles. The first-order chi connectivity index (χ1) is 9.04. The van der Waals surface area contributed by atoms with Crippen LogP contribution in [-0.4, -0.2) is 49.6 Å². The van der Waals surface area contributed by atoms with Gasteiger partial charge in [-0.1, -0.05) is 20.8 Å². The van der Waals surface area contributed by atoms with Gasteiger partial charge in [0.05, 0.1) is 6.04 Å². The molecule has 0 aliphatic carbocycles. The minimum atomic E-state index is -0.0152. The molecule has 0 bridgehead atoms. The van der Waals surface area contributed by atoms with E-state index in [1.807, 2.05) is 6.92 Å². The standard InChI is InChI=1S/C15H31N3O/c1-5-18(11-14-6-8-16-9-7-14)13(4)15(19)17-10-12(2)3/h12-14,16H,5-11H2,1-4H3,(H,17,19). The maximum atomic E-state index is 12.1. The molecule has 0 spiro atoms. The fourth-order valence-electron chi connectivity index (χ4n) is 2.58. The van der Waals surface area contributed by atoms with Crippen molar-refractivity contribution >= 4 is 5.91 Å². The second kappa shape index (κ2) is 8.54. The second-order valence-corrected chi connectivity index (χ2v) is 6.10. The normalized spacial score (nSPS) is 18.8. The largest absolute Gasteiger partial charge is 0.354 e. The van der Waals surface area contributed by atoms with Gasteiger partial charge in [0.1, 0.15) is 0 Å². The molecule has 1 atom stereocenters. The number of rotatable bonds is 7. The van der Waals surface area contributed by atoms with Crippen LogP contribution < -0.4 is 10.6 Å². The first-order valence-corrected chi connectivity index (χ1v) is 7.77.